The first-order valence-electron chi connectivity index (χ1n) is 7.92. The molecule has 0 radical (unpaired) electrons. The highest BCUT2D eigenvalue weighted by Gasteiger charge is 2.28. The molecule has 0 fully saturated rings. The number of halogens is 1. The third-order valence-corrected chi connectivity index (χ3v) is 3.84. The predicted molar refractivity (Wildman–Crippen MR) is 95.7 cm³/mol. The zero-order valence-electron chi connectivity index (χ0n) is 14.0. The maximum Gasteiger partial charge on any atom is 0.256 e. The van der Waals surface area contributed by atoms with Crippen molar-refractivity contribution in [2.45, 2.75) is 6.92 Å². The number of methoxy groups -OCH3 is 1. The Balaban J connectivity index is 2.09. The SMILES string of the molecule is CCNCC#Cc1c(F)ccc2c1/C(=C/c1[nH]ccc1OC)C(=O)N2. The minimum Gasteiger partial charge on any atom is -0.495 e. The number of H-pyrrole nitrogens is 1. The molecule has 3 N–H and O–H groups in total. The number of amides is 1. The second kappa shape index (κ2) is 7.24. The second-order valence-corrected chi connectivity index (χ2v) is 5.40. The number of fused-ring (bicyclic) bond motifs is 1. The van der Waals surface area contributed by atoms with Gasteiger partial charge in [0, 0.05) is 11.8 Å². The summed E-state index contributed by atoms with van der Waals surface area (Å²) in [5, 5.41) is 5.82. The van der Waals surface area contributed by atoms with Gasteiger partial charge in [-0.1, -0.05) is 18.8 Å². The number of aromatic nitrogens is 1. The number of hydrogen-bond acceptors (Lipinski definition) is 3. The summed E-state index contributed by atoms with van der Waals surface area (Å²) in [5.41, 5.74) is 2.23. The Labute approximate surface area is 145 Å². The maximum absolute atomic E-state index is 14.4. The van der Waals surface area contributed by atoms with Crippen molar-refractivity contribution < 1.29 is 13.9 Å². The van der Waals surface area contributed by atoms with Gasteiger partial charge in [-0.05, 0) is 30.8 Å². The van der Waals surface area contributed by atoms with E-state index in [2.05, 4.69) is 27.5 Å². The monoisotopic (exact) mass is 339 g/mol. The quantitative estimate of drug-likeness (QED) is 0.456. The minimum atomic E-state index is -0.455. The number of carbonyl (C=O) groups excluding carboxylic acids is 1. The molecular weight excluding hydrogens is 321 g/mol. The molecule has 0 saturated heterocycles. The minimum absolute atomic E-state index is 0.213. The normalized spacial score (nSPS) is 14.0. The van der Waals surface area contributed by atoms with Crippen LogP contribution in [0.1, 0.15) is 23.7 Å². The van der Waals surface area contributed by atoms with E-state index in [0.717, 1.165) is 6.54 Å². The number of rotatable bonds is 4. The largest absolute Gasteiger partial charge is 0.495 e. The van der Waals surface area contributed by atoms with E-state index in [-0.39, 0.29) is 11.5 Å². The first kappa shape index (κ1) is 16.8. The van der Waals surface area contributed by atoms with Crippen molar-refractivity contribution in [3.8, 4) is 17.6 Å². The lowest BCUT2D eigenvalue weighted by atomic mass is 9.99. The third-order valence-electron chi connectivity index (χ3n) is 3.84. The van der Waals surface area contributed by atoms with Gasteiger partial charge in [0.1, 0.15) is 11.6 Å². The van der Waals surface area contributed by atoms with Crippen LogP contribution in [-0.4, -0.2) is 31.1 Å². The molecule has 5 nitrogen and oxygen atoms in total. The van der Waals surface area contributed by atoms with Crippen LogP contribution in [0.15, 0.2) is 24.4 Å². The van der Waals surface area contributed by atoms with Gasteiger partial charge >= 0.3 is 0 Å². The molecule has 25 heavy (non-hydrogen) atoms. The molecule has 6 heteroatoms. The topological polar surface area (TPSA) is 66.1 Å². The Morgan fingerprint density at radius 2 is 2.20 bits per heavy atom. The van der Waals surface area contributed by atoms with Gasteiger partial charge < -0.3 is 20.4 Å². The second-order valence-electron chi connectivity index (χ2n) is 5.40. The Hall–Kier alpha value is -3.04. The highest BCUT2D eigenvalue weighted by atomic mass is 19.1. The van der Waals surface area contributed by atoms with Crippen molar-refractivity contribution in [2.24, 2.45) is 0 Å². The zero-order valence-corrected chi connectivity index (χ0v) is 14.0. The smallest absolute Gasteiger partial charge is 0.256 e. The van der Waals surface area contributed by atoms with Crippen LogP contribution in [0.25, 0.3) is 11.6 Å². The van der Waals surface area contributed by atoms with Crippen molar-refractivity contribution >= 4 is 23.2 Å². The van der Waals surface area contributed by atoms with Gasteiger partial charge in [-0.3, -0.25) is 4.79 Å². The van der Waals surface area contributed by atoms with Crippen molar-refractivity contribution in [1.29, 1.82) is 0 Å². The molecule has 0 atom stereocenters. The Bertz CT molecular complexity index is 903. The molecule has 1 amide bonds. The molecule has 1 aliphatic heterocycles. The van der Waals surface area contributed by atoms with E-state index in [0.29, 0.717) is 34.8 Å². The maximum atomic E-state index is 14.4. The molecule has 0 saturated carbocycles. The number of nitrogens with one attached hydrogen (secondary N) is 3. The van der Waals surface area contributed by atoms with Crippen LogP contribution in [0, 0.1) is 17.7 Å². The van der Waals surface area contributed by atoms with Gasteiger partial charge in [-0.2, -0.15) is 0 Å². The molecule has 0 bridgehead atoms. The highest BCUT2D eigenvalue weighted by molar-refractivity contribution is 6.35. The van der Waals surface area contributed by atoms with Gasteiger partial charge in [0.25, 0.3) is 5.91 Å². The molecule has 2 aromatic rings. The summed E-state index contributed by atoms with van der Waals surface area (Å²) in [6.45, 7) is 3.20. The van der Waals surface area contributed by atoms with Crippen molar-refractivity contribution in [3.05, 3.63) is 47.0 Å². The number of anilines is 1. The lowest BCUT2D eigenvalue weighted by molar-refractivity contribution is -0.110. The standard InChI is InChI=1S/C19H18FN3O2/c1-3-21-9-4-5-12-14(20)6-7-15-18(12)13(19(24)23-15)11-16-17(25-2)8-10-22-16/h6-8,10-11,21-22H,3,9H2,1-2H3,(H,23,24)/b13-11-. The van der Waals surface area contributed by atoms with Crippen LogP contribution in [0.3, 0.4) is 0 Å². The first-order chi connectivity index (χ1) is 12.2. The molecule has 1 aromatic carbocycles. The van der Waals surface area contributed by atoms with Crippen molar-refractivity contribution in [1.82, 2.24) is 10.3 Å². The zero-order chi connectivity index (χ0) is 17.8. The predicted octanol–water partition coefficient (Wildman–Crippen LogP) is 2.62. The van der Waals surface area contributed by atoms with Gasteiger partial charge in [0.15, 0.2) is 0 Å². The van der Waals surface area contributed by atoms with E-state index in [1.165, 1.54) is 6.07 Å². The van der Waals surface area contributed by atoms with Crippen LogP contribution in [0.4, 0.5) is 10.1 Å². The lowest BCUT2D eigenvalue weighted by Gasteiger charge is -2.05. The Kier molecular flexibility index (Phi) is 4.87. The van der Waals surface area contributed by atoms with Crippen LogP contribution in [0.5, 0.6) is 5.75 Å². The number of ether oxygens (including phenoxy) is 1. The summed E-state index contributed by atoms with van der Waals surface area (Å²) in [7, 11) is 1.55. The van der Waals surface area contributed by atoms with Crippen molar-refractivity contribution in [3.63, 3.8) is 0 Å². The number of hydrogen-bond donors (Lipinski definition) is 3. The fourth-order valence-electron chi connectivity index (χ4n) is 2.65. The summed E-state index contributed by atoms with van der Waals surface area (Å²) in [6, 6.07) is 4.61. The molecule has 3 rings (SSSR count). The fraction of sp³-hybridized carbons (Fsp3) is 0.211. The lowest BCUT2D eigenvalue weighted by Crippen LogP contribution is -2.12. The summed E-state index contributed by atoms with van der Waals surface area (Å²) in [5.74, 6) is 5.58. The van der Waals surface area contributed by atoms with E-state index < -0.39 is 5.82 Å². The van der Waals surface area contributed by atoms with E-state index in [1.807, 2.05) is 6.92 Å². The molecule has 0 unspecified atom stereocenters. The van der Waals surface area contributed by atoms with Crippen LogP contribution < -0.4 is 15.4 Å². The van der Waals surface area contributed by atoms with Crippen LogP contribution >= 0.6 is 0 Å². The molecule has 0 spiro atoms. The molecule has 1 aliphatic rings. The van der Waals surface area contributed by atoms with E-state index in [1.54, 1.807) is 31.5 Å². The summed E-state index contributed by atoms with van der Waals surface area (Å²) >= 11 is 0. The molecule has 128 valence electrons. The molecule has 2 heterocycles. The fourth-order valence-corrected chi connectivity index (χ4v) is 2.65. The average Bonchev–Trinajstić information content (AvgIpc) is 3.18. The molecular formula is C19H18FN3O2. The van der Waals surface area contributed by atoms with E-state index in [4.69, 9.17) is 4.74 Å². The van der Waals surface area contributed by atoms with Gasteiger partial charge in [-0.15, -0.1) is 0 Å². The van der Waals surface area contributed by atoms with Crippen molar-refractivity contribution in [2.75, 3.05) is 25.5 Å². The summed E-state index contributed by atoms with van der Waals surface area (Å²) in [4.78, 5) is 15.4. The van der Waals surface area contributed by atoms with Gasteiger partial charge in [0.05, 0.1) is 36.2 Å². The van der Waals surface area contributed by atoms with Gasteiger partial charge in [-0.25, -0.2) is 4.39 Å². The summed E-state index contributed by atoms with van der Waals surface area (Å²) in [6.07, 6.45) is 3.36. The number of carbonyl (C=O) groups is 1. The summed E-state index contributed by atoms with van der Waals surface area (Å²) < 4.78 is 19.6. The molecule has 0 aliphatic carbocycles. The van der Waals surface area contributed by atoms with Crippen LogP contribution in [-0.2, 0) is 4.79 Å². The number of benzene rings is 1. The van der Waals surface area contributed by atoms with E-state index in [9.17, 15) is 9.18 Å². The number of aromatic amines is 1. The Morgan fingerprint density at radius 1 is 1.36 bits per heavy atom. The molecule has 1 aromatic heterocycles. The van der Waals surface area contributed by atoms with Gasteiger partial charge in [0.2, 0.25) is 0 Å². The average molecular weight is 339 g/mol. The highest BCUT2D eigenvalue weighted by Crippen LogP contribution is 2.37. The van der Waals surface area contributed by atoms with Crippen LogP contribution in [0.2, 0.25) is 0 Å². The van der Waals surface area contributed by atoms with E-state index >= 15 is 0 Å². The Morgan fingerprint density at radius 3 is 2.96 bits per heavy atom. The first-order valence-corrected chi connectivity index (χ1v) is 7.92. The third kappa shape index (κ3) is 3.28.